The molecule has 5 heteroatoms. The van der Waals surface area contributed by atoms with Crippen LogP contribution in [0.1, 0.15) is 22.8 Å². The number of amides is 1. The number of carbonyl (C=O) groups is 1. The first-order valence-corrected chi connectivity index (χ1v) is 7.96. The van der Waals surface area contributed by atoms with Gasteiger partial charge in [0.1, 0.15) is 0 Å². The van der Waals surface area contributed by atoms with Crippen molar-refractivity contribution in [2.24, 2.45) is 5.92 Å². The van der Waals surface area contributed by atoms with Gasteiger partial charge in [0.2, 0.25) is 5.91 Å². The van der Waals surface area contributed by atoms with Gasteiger partial charge in [0.15, 0.2) is 0 Å². The van der Waals surface area contributed by atoms with E-state index in [4.69, 9.17) is 0 Å². The second-order valence-electron chi connectivity index (χ2n) is 6.09. The minimum Gasteiger partial charge on any atom is -0.331 e. The highest BCUT2D eigenvalue weighted by Crippen LogP contribution is 2.15. The molecule has 1 aliphatic rings. The summed E-state index contributed by atoms with van der Waals surface area (Å²) in [5, 5.41) is 3.16. The number of hydrogen-bond donors (Lipinski definition) is 1. The molecule has 3 rings (SSSR count). The third-order valence-electron chi connectivity index (χ3n) is 4.04. The van der Waals surface area contributed by atoms with Crippen LogP contribution in [-0.4, -0.2) is 33.9 Å². The predicted octanol–water partition coefficient (Wildman–Crippen LogP) is 1.84. The van der Waals surface area contributed by atoms with Gasteiger partial charge in [0.05, 0.1) is 30.4 Å². The molecule has 0 aromatic carbocycles. The molecule has 1 aliphatic heterocycles. The Bertz CT molecular complexity index is 649. The van der Waals surface area contributed by atoms with Crippen LogP contribution in [0.5, 0.6) is 0 Å². The van der Waals surface area contributed by atoms with Crippen molar-refractivity contribution in [2.45, 2.75) is 26.9 Å². The second-order valence-corrected chi connectivity index (χ2v) is 6.09. The van der Waals surface area contributed by atoms with Crippen LogP contribution < -0.4 is 5.32 Å². The molecular weight excluding hydrogens is 288 g/mol. The van der Waals surface area contributed by atoms with Gasteiger partial charge in [-0.3, -0.25) is 14.8 Å². The fourth-order valence-corrected chi connectivity index (χ4v) is 2.70. The largest absolute Gasteiger partial charge is 0.331 e. The minimum absolute atomic E-state index is 0.0737. The van der Waals surface area contributed by atoms with Crippen molar-refractivity contribution in [3.63, 3.8) is 0 Å². The zero-order valence-corrected chi connectivity index (χ0v) is 13.6. The Morgan fingerprint density at radius 3 is 1.96 bits per heavy atom. The van der Waals surface area contributed by atoms with Crippen LogP contribution in [0, 0.1) is 19.8 Å². The molecule has 0 atom stereocenters. The van der Waals surface area contributed by atoms with Crippen LogP contribution in [-0.2, 0) is 17.9 Å². The second kappa shape index (κ2) is 6.87. The predicted molar refractivity (Wildman–Crippen MR) is 88.6 cm³/mol. The molecule has 0 saturated carbocycles. The van der Waals surface area contributed by atoms with E-state index in [-0.39, 0.29) is 11.8 Å². The zero-order valence-electron chi connectivity index (χ0n) is 13.6. The van der Waals surface area contributed by atoms with E-state index in [2.05, 4.69) is 15.3 Å². The van der Waals surface area contributed by atoms with Crippen LogP contribution in [0.3, 0.4) is 0 Å². The lowest BCUT2D eigenvalue weighted by Gasteiger charge is -2.32. The van der Waals surface area contributed by atoms with Gasteiger partial charge < -0.3 is 10.2 Å². The Morgan fingerprint density at radius 1 is 1.04 bits per heavy atom. The number of nitrogens with one attached hydrogen (secondary N) is 1. The summed E-state index contributed by atoms with van der Waals surface area (Å²) < 4.78 is 0. The van der Waals surface area contributed by atoms with Gasteiger partial charge in [-0.15, -0.1) is 0 Å². The number of carbonyl (C=O) groups excluding carboxylic acids is 1. The normalized spacial score (nSPS) is 14.3. The third-order valence-corrected chi connectivity index (χ3v) is 4.04. The summed E-state index contributed by atoms with van der Waals surface area (Å²) in [7, 11) is 0. The average Bonchev–Trinajstić information content (AvgIpc) is 2.45. The number of aromatic nitrogens is 2. The molecule has 1 N–H and O–H groups in total. The Morgan fingerprint density at radius 2 is 1.57 bits per heavy atom. The molecule has 23 heavy (non-hydrogen) atoms. The lowest BCUT2D eigenvalue weighted by Crippen LogP contribution is -2.51. The first kappa shape index (κ1) is 15.6. The summed E-state index contributed by atoms with van der Waals surface area (Å²) in [5.41, 5.74) is 3.76. The molecule has 5 nitrogen and oxygen atoms in total. The molecule has 0 unspecified atom stereocenters. The zero-order chi connectivity index (χ0) is 16.2. The summed E-state index contributed by atoms with van der Waals surface area (Å²) in [6.07, 6.45) is 0. The van der Waals surface area contributed by atoms with Gasteiger partial charge in [-0.05, 0) is 38.1 Å². The molecule has 2 aromatic heterocycles. The van der Waals surface area contributed by atoms with Crippen molar-refractivity contribution < 1.29 is 4.79 Å². The van der Waals surface area contributed by atoms with Crippen LogP contribution >= 0.6 is 0 Å². The van der Waals surface area contributed by atoms with Crippen LogP contribution in [0.2, 0.25) is 0 Å². The number of hydrogen-bond acceptors (Lipinski definition) is 4. The Balaban J connectivity index is 1.79. The van der Waals surface area contributed by atoms with Gasteiger partial charge in [-0.2, -0.15) is 0 Å². The van der Waals surface area contributed by atoms with E-state index in [9.17, 15) is 4.79 Å². The lowest BCUT2D eigenvalue weighted by molar-refractivity contribution is -0.138. The molecule has 120 valence electrons. The van der Waals surface area contributed by atoms with Crippen molar-refractivity contribution in [1.29, 1.82) is 0 Å². The van der Waals surface area contributed by atoms with Crippen molar-refractivity contribution in [1.82, 2.24) is 20.2 Å². The lowest BCUT2D eigenvalue weighted by atomic mass is 10.0. The summed E-state index contributed by atoms with van der Waals surface area (Å²) in [6, 6.07) is 11.8. The van der Waals surface area contributed by atoms with Gasteiger partial charge in [0.25, 0.3) is 0 Å². The van der Waals surface area contributed by atoms with Gasteiger partial charge in [-0.1, -0.05) is 12.1 Å². The quantitative estimate of drug-likeness (QED) is 0.915. The van der Waals surface area contributed by atoms with Gasteiger partial charge >= 0.3 is 0 Å². The Hall–Kier alpha value is -2.27. The van der Waals surface area contributed by atoms with Gasteiger partial charge in [-0.25, -0.2) is 0 Å². The third kappa shape index (κ3) is 3.93. The van der Waals surface area contributed by atoms with Crippen molar-refractivity contribution in [2.75, 3.05) is 13.1 Å². The highest BCUT2D eigenvalue weighted by Gasteiger charge is 2.29. The number of aryl methyl sites for hydroxylation is 2. The molecule has 3 heterocycles. The molecule has 1 saturated heterocycles. The summed E-state index contributed by atoms with van der Waals surface area (Å²) >= 11 is 0. The molecule has 0 bridgehead atoms. The topological polar surface area (TPSA) is 58.1 Å². The van der Waals surface area contributed by atoms with Crippen molar-refractivity contribution >= 4 is 5.91 Å². The Labute approximate surface area is 136 Å². The first-order valence-electron chi connectivity index (χ1n) is 7.96. The summed E-state index contributed by atoms with van der Waals surface area (Å²) in [6.45, 7) is 6.50. The number of nitrogens with zero attached hydrogens (tertiary/aromatic N) is 3. The molecule has 0 aliphatic carbocycles. The van der Waals surface area contributed by atoms with Crippen LogP contribution in [0.15, 0.2) is 36.4 Å². The monoisotopic (exact) mass is 310 g/mol. The molecule has 0 radical (unpaired) electrons. The molecule has 0 spiro atoms. The first-order chi connectivity index (χ1) is 11.1. The summed E-state index contributed by atoms with van der Waals surface area (Å²) in [5.74, 6) is 0.250. The van der Waals surface area contributed by atoms with Crippen molar-refractivity contribution in [3.8, 4) is 0 Å². The van der Waals surface area contributed by atoms with Gasteiger partial charge in [0, 0.05) is 24.5 Å². The maximum atomic E-state index is 12.7. The number of pyridine rings is 2. The van der Waals surface area contributed by atoms with E-state index in [1.54, 1.807) is 0 Å². The minimum atomic E-state index is 0.0737. The molecular formula is C18H22N4O. The molecule has 2 aromatic rings. The summed E-state index contributed by atoms with van der Waals surface area (Å²) in [4.78, 5) is 23.7. The highest BCUT2D eigenvalue weighted by atomic mass is 16.2. The SMILES string of the molecule is Cc1cccc(CN(Cc2cccc(C)n2)C(=O)C2CNC2)n1. The van der Waals surface area contributed by atoms with E-state index in [1.807, 2.05) is 55.1 Å². The Kier molecular flexibility index (Phi) is 4.67. The highest BCUT2D eigenvalue weighted by molar-refractivity contribution is 5.80. The average molecular weight is 310 g/mol. The van der Waals surface area contributed by atoms with E-state index in [1.165, 1.54) is 0 Å². The van der Waals surface area contributed by atoms with Crippen LogP contribution in [0.25, 0.3) is 0 Å². The van der Waals surface area contributed by atoms with E-state index in [0.29, 0.717) is 13.1 Å². The molecule has 1 fully saturated rings. The van der Waals surface area contributed by atoms with E-state index in [0.717, 1.165) is 35.9 Å². The van der Waals surface area contributed by atoms with E-state index >= 15 is 0 Å². The maximum Gasteiger partial charge on any atom is 0.228 e. The molecule has 1 amide bonds. The smallest absolute Gasteiger partial charge is 0.228 e. The number of rotatable bonds is 5. The van der Waals surface area contributed by atoms with E-state index < -0.39 is 0 Å². The fraction of sp³-hybridized carbons (Fsp3) is 0.389. The van der Waals surface area contributed by atoms with Crippen LogP contribution in [0.4, 0.5) is 0 Å². The maximum absolute atomic E-state index is 12.7. The standard InChI is InChI=1S/C18H22N4O/c1-13-5-3-7-16(20-13)11-22(18(23)15-9-19-10-15)12-17-8-4-6-14(2)21-17/h3-8,15,19H,9-12H2,1-2H3. The van der Waals surface area contributed by atoms with Crippen molar-refractivity contribution in [3.05, 3.63) is 59.2 Å². The fourth-order valence-electron chi connectivity index (χ4n) is 2.70.